The van der Waals surface area contributed by atoms with Crippen molar-refractivity contribution < 1.29 is 14.3 Å². The lowest BCUT2D eigenvalue weighted by molar-refractivity contribution is -0.132. The molecule has 1 rings (SSSR count). The zero-order valence-corrected chi connectivity index (χ0v) is 7.83. The molecule has 3 heteroatoms. The molecule has 1 aromatic carbocycles. The van der Waals surface area contributed by atoms with Gasteiger partial charge in [-0.15, -0.1) is 0 Å². The SMILES string of the molecule is CC/C(=C/c1ccc(F)cc1)C(=O)O. The van der Waals surface area contributed by atoms with Gasteiger partial charge >= 0.3 is 5.97 Å². The monoisotopic (exact) mass is 194 g/mol. The summed E-state index contributed by atoms with van der Waals surface area (Å²) in [6.07, 6.45) is 1.99. The Kier molecular flexibility index (Phi) is 3.40. The quantitative estimate of drug-likeness (QED) is 0.751. The van der Waals surface area contributed by atoms with E-state index in [1.54, 1.807) is 25.1 Å². The van der Waals surface area contributed by atoms with Crippen molar-refractivity contribution in [1.29, 1.82) is 0 Å². The van der Waals surface area contributed by atoms with Crippen LogP contribution < -0.4 is 0 Å². The molecule has 0 radical (unpaired) electrons. The first-order valence-electron chi connectivity index (χ1n) is 4.33. The zero-order valence-electron chi connectivity index (χ0n) is 7.83. The zero-order chi connectivity index (χ0) is 10.6. The van der Waals surface area contributed by atoms with Crippen LogP contribution in [0.5, 0.6) is 0 Å². The van der Waals surface area contributed by atoms with Gasteiger partial charge in [0.1, 0.15) is 5.82 Å². The maximum Gasteiger partial charge on any atom is 0.331 e. The van der Waals surface area contributed by atoms with Gasteiger partial charge < -0.3 is 5.11 Å². The summed E-state index contributed by atoms with van der Waals surface area (Å²) < 4.78 is 12.5. The van der Waals surface area contributed by atoms with Gasteiger partial charge in [-0.2, -0.15) is 0 Å². The third-order valence-corrected chi connectivity index (χ3v) is 1.87. The van der Waals surface area contributed by atoms with E-state index >= 15 is 0 Å². The molecule has 0 spiro atoms. The van der Waals surface area contributed by atoms with E-state index in [9.17, 15) is 9.18 Å². The average Bonchev–Trinajstić information content (AvgIpc) is 2.16. The Hall–Kier alpha value is -1.64. The maximum absolute atomic E-state index is 12.5. The van der Waals surface area contributed by atoms with E-state index in [1.165, 1.54) is 12.1 Å². The van der Waals surface area contributed by atoms with Crippen molar-refractivity contribution in [1.82, 2.24) is 0 Å². The Bertz CT molecular complexity index is 352. The maximum atomic E-state index is 12.5. The first-order valence-corrected chi connectivity index (χ1v) is 4.33. The number of carbonyl (C=O) groups is 1. The third kappa shape index (κ3) is 2.69. The molecule has 0 aliphatic rings. The molecule has 0 saturated carbocycles. The van der Waals surface area contributed by atoms with Gasteiger partial charge in [-0.25, -0.2) is 9.18 Å². The Labute approximate surface area is 81.7 Å². The molecule has 0 aromatic heterocycles. The summed E-state index contributed by atoms with van der Waals surface area (Å²) >= 11 is 0. The standard InChI is InChI=1S/C11H11FO2/c1-2-9(11(13)14)7-8-3-5-10(12)6-4-8/h3-7H,2H2,1H3,(H,13,14)/b9-7-. The second-order valence-corrected chi connectivity index (χ2v) is 2.88. The fourth-order valence-electron chi connectivity index (χ4n) is 1.08. The van der Waals surface area contributed by atoms with E-state index in [1.807, 2.05) is 0 Å². The summed E-state index contributed by atoms with van der Waals surface area (Å²) in [6.45, 7) is 1.77. The Balaban J connectivity index is 2.95. The van der Waals surface area contributed by atoms with Crippen LogP contribution in [-0.2, 0) is 4.79 Å². The molecule has 0 unspecified atom stereocenters. The molecule has 0 saturated heterocycles. The highest BCUT2D eigenvalue weighted by Crippen LogP contribution is 2.10. The van der Waals surface area contributed by atoms with Crippen LogP contribution in [0.3, 0.4) is 0 Å². The van der Waals surface area contributed by atoms with Gasteiger partial charge in [0.15, 0.2) is 0 Å². The lowest BCUT2D eigenvalue weighted by Crippen LogP contribution is -1.98. The molecule has 14 heavy (non-hydrogen) atoms. The first-order chi connectivity index (χ1) is 6.63. The topological polar surface area (TPSA) is 37.3 Å². The van der Waals surface area contributed by atoms with Crippen LogP contribution in [0.4, 0.5) is 4.39 Å². The summed E-state index contributed by atoms with van der Waals surface area (Å²) in [5.74, 6) is -1.26. The van der Waals surface area contributed by atoms with Crippen molar-refractivity contribution in [3.8, 4) is 0 Å². The van der Waals surface area contributed by atoms with Crippen molar-refractivity contribution in [3.63, 3.8) is 0 Å². The van der Waals surface area contributed by atoms with Crippen LogP contribution in [0.2, 0.25) is 0 Å². The molecule has 0 aliphatic carbocycles. The minimum atomic E-state index is -0.933. The van der Waals surface area contributed by atoms with E-state index in [-0.39, 0.29) is 5.82 Å². The van der Waals surface area contributed by atoms with Gasteiger partial charge in [0.2, 0.25) is 0 Å². The van der Waals surface area contributed by atoms with Crippen LogP contribution >= 0.6 is 0 Å². The van der Waals surface area contributed by atoms with Gasteiger partial charge in [0.05, 0.1) is 0 Å². The first kappa shape index (κ1) is 10.4. The number of benzene rings is 1. The largest absolute Gasteiger partial charge is 0.478 e. The Morgan fingerprint density at radius 2 is 2.00 bits per heavy atom. The number of hydrogen-bond donors (Lipinski definition) is 1. The molecule has 0 atom stereocenters. The molecule has 0 heterocycles. The predicted octanol–water partition coefficient (Wildman–Crippen LogP) is 2.70. The van der Waals surface area contributed by atoms with E-state index in [2.05, 4.69) is 0 Å². The predicted molar refractivity (Wildman–Crippen MR) is 52.3 cm³/mol. The van der Waals surface area contributed by atoms with Gasteiger partial charge in [0, 0.05) is 5.57 Å². The fraction of sp³-hybridized carbons (Fsp3) is 0.182. The normalized spacial score (nSPS) is 11.4. The lowest BCUT2D eigenvalue weighted by Gasteiger charge is -1.98. The highest BCUT2D eigenvalue weighted by molar-refractivity contribution is 5.91. The molecular formula is C11H11FO2. The van der Waals surface area contributed by atoms with E-state index in [0.29, 0.717) is 17.6 Å². The van der Waals surface area contributed by atoms with Crippen molar-refractivity contribution >= 4 is 12.0 Å². The Morgan fingerprint density at radius 1 is 1.43 bits per heavy atom. The molecule has 0 aliphatic heterocycles. The van der Waals surface area contributed by atoms with Gasteiger partial charge in [-0.3, -0.25) is 0 Å². The van der Waals surface area contributed by atoms with E-state index in [0.717, 1.165) is 0 Å². The summed E-state index contributed by atoms with van der Waals surface area (Å²) in [5, 5.41) is 8.75. The molecular weight excluding hydrogens is 183 g/mol. The number of halogens is 1. The van der Waals surface area contributed by atoms with Crippen molar-refractivity contribution in [2.45, 2.75) is 13.3 Å². The van der Waals surface area contributed by atoms with Crippen LogP contribution in [-0.4, -0.2) is 11.1 Å². The number of carboxylic acids is 1. The van der Waals surface area contributed by atoms with Gasteiger partial charge in [-0.1, -0.05) is 19.1 Å². The lowest BCUT2D eigenvalue weighted by atomic mass is 10.1. The number of rotatable bonds is 3. The summed E-state index contributed by atoms with van der Waals surface area (Å²) in [7, 11) is 0. The van der Waals surface area contributed by atoms with Crippen LogP contribution in [0.25, 0.3) is 6.08 Å². The number of hydrogen-bond acceptors (Lipinski definition) is 1. The van der Waals surface area contributed by atoms with Gasteiger partial charge in [0.25, 0.3) is 0 Å². The van der Waals surface area contributed by atoms with E-state index < -0.39 is 5.97 Å². The molecule has 74 valence electrons. The van der Waals surface area contributed by atoms with Crippen molar-refractivity contribution in [2.75, 3.05) is 0 Å². The molecule has 0 fully saturated rings. The molecule has 0 bridgehead atoms. The molecule has 1 aromatic rings. The highest BCUT2D eigenvalue weighted by atomic mass is 19.1. The van der Waals surface area contributed by atoms with Crippen LogP contribution in [0, 0.1) is 5.82 Å². The highest BCUT2D eigenvalue weighted by Gasteiger charge is 2.03. The molecule has 1 N–H and O–H groups in total. The average molecular weight is 194 g/mol. The number of aliphatic carboxylic acids is 1. The third-order valence-electron chi connectivity index (χ3n) is 1.87. The van der Waals surface area contributed by atoms with E-state index in [4.69, 9.17) is 5.11 Å². The summed E-state index contributed by atoms with van der Waals surface area (Å²) in [6, 6.07) is 5.71. The minimum absolute atomic E-state index is 0.316. The molecule has 2 nitrogen and oxygen atoms in total. The minimum Gasteiger partial charge on any atom is -0.478 e. The van der Waals surface area contributed by atoms with Gasteiger partial charge in [-0.05, 0) is 30.2 Å². The summed E-state index contributed by atoms with van der Waals surface area (Å²) in [4.78, 5) is 10.7. The summed E-state index contributed by atoms with van der Waals surface area (Å²) in [5.41, 5.74) is 1.02. The van der Waals surface area contributed by atoms with Crippen molar-refractivity contribution in [2.24, 2.45) is 0 Å². The second kappa shape index (κ2) is 4.56. The fourth-order valence-corrected chi connectivity index (χ4v) is 1.08. The van der Waals surface area contributed by atoms with Crippen LogP contribution in [0.1, 0.15) is 18.9 Å². The smallest absolute Gasteiger partial charge is 0.331 e. The second-order valence-electron chi connectivity index (χ2n) is 2.88. The Morgan fingerprint density at radius 3 is 2.43 bits per heavy atom. The van der Waals surface area contributed by atoms with Crippen molar-refractivity contribution in [3.05, 3.63) is 41.2 Å². The number of carboxylic acid groups (broad SMARTS) is 1. The van der Waals surface area contributed by atoms with Crippen LogP contribution in [0.15, 0.2) is 29.8 Å². The molecule has 0 amide bonds.